The summed E-state index contributed by atoms with van der Waals surface area (Å²) in [5, 5.41) is 4.30. The molecule has 2 aromatic rings. The van der Waals surface area contributed by atoms with E-state index in [1.165, 1.54) is 30.1 Å². The van der Waals surface area contributed by atoms with E-state index in [9.17, 15) is 4.79 Å². The van der Waals surface area contributed by atoms with Gasteiger partial charge in [0.25, 0.3) is 5.91 Å². The third-order valence-electron chi connectivity index (χ3n) is 1.48. The smallest absolute Gasteiger partial charge is 0.275 e. The minimum Gasteiger partial charge on any atom is -0.318 e. The molecule has 0 aliphatic heterocycles. The predicted molar refractivity (Wildman–Crippen MR) is 52.1 cm³/mol. The summed E-state index contributed by atoms with van der Waals surface area (Å²) in [5.74, 6) is -0.249. The molecule has 6 heteroatoms. The molecule has 0 aliphatic rings. The number of nitrogens with one attached hydrogen (secondary N) is 1. The lowest BCUT2D eigenvalue weighted by atomic mass is 10.4. The maximum Gasteiger partial charge on any atom is 0.275 e. The number of amides is 1. The first kappa shape index (κ1) is 8.76. The van der Waals surface area contributed by atoms with Crippen LogP contribution in [0.1, 0.15) is 10.5 Å². The van der Waals surface area contributed by atoms with Crippen LogP contribution in [-0.2, 0) is 0 Å². The van der Waals surface area contributed by atoms with E-state index < -0.39 is 0 Å². The van der Waals surface area contributed by atoms with Gasteiger partial charge in [0.1, 0.15) is 12.0 Å². The lowest BCUT2D eigenvalue weighted by molar-refractivity contribution is 0.102. The summed E-state index contributed by atoms with van der Waals surface area (Å²) in [6.45, 7) is 0. The minimum atomic E-state index is -0.249. The molecule has 2 aromatic heterocycles. The van der Waals surface area contributed by atoms with Gasteiger partial charge in [-0.05, 0) is 0 Å². The van der Waals surface area contributed by atoms with Crippen LogP contribution in [0.2, 0.25) is 0 Å². The second-order valence-electron chi connectivity index (χ2n) is 2.45. The molecule has 1 amide bonds. The number of thiazole rings is 1. The van der Waals surface area contributed by atoms with Crippen molar-refractivity contribution >= 4 is 22.9 Å². The van der Waals surface area contributed by atoms with E-state index in [4.69, 9.17) is 0 Å². The Morgan fingerprint density at radius 2 is 2.14 bits per heavy atom. The standard InChI is InChI=1S/C8H6N4OS/c13-8(7-3-14-5-11-7)12-6-1-9-4-10-2-6/h1-5H,(H,12,13). The quantitative estimate of drug-likeness (QED) is 0.801. The highest BCUT2D eigenvalue weighted by Gasteiger charge is 2.07. The van der Waals surface area contributed by atoms with E-state index in [2.05, 4.69) is 20.3 Å². The van der Waals surface area contributed by atoms with E-state index in [0.29, 0.717) is 11.4 Å². The summed E-state index contributed by atoms with van der Waals surface area (Å²) in [7, 11) is 0. The highest BCUT2D eigenvalue weighted by molar-refractivity contribution is 7.07. The first-order chi connectivity index (χ1) is 6.86. The number of rotatable bonds is 2. The second kappa shape index (κ2) is 3.93. The Labute approximate surface area is 83.9 Å². The highest BCUT2D eigenvalue weighted by Crippen LogP contribution is 2.06. The monoisotopic (exact) mass is 206 g/mol. The van der Waals surface area contributed by atoms with E-state index >= 15 is 0 Å². The van der Waals surface area contributed by atoms with Gasteiger partial charge in [-0.3, -0.25) is 4.79 Å². The largest absolute Gasteiger partial charge is 0.318 e. The van der Waals surface area contributed by atoms with Crippen molar-refractivity contribution in [1.29, 1.82) is 0 Å². The number of nitrogens with zero attached hydrogens (tertiary/aromatic N) is 3. The van der Waals surface area contributed by atoms with Gasteiger partial charge in [-0.1, -0.05) is 0 Å². The average molecular weight is 206 g/mol. The molecular weight excluding hydrogens is 200 g/mol. The normalized spacial score (nSPS) is 9.71. The summed E-state index contributed by atoms with van der Waals surface area (Å²) in [5.41, 5.74) is 2.57. The summed E-state index contributed by atoms with van der Waals surface area (Å²) < 4.78 is 0. The van der Waals surface area contributed by atoms with Crippen molar-refractivity contribution in [2.45, 2.75) is 0 Å². The van der Waals surface area contributed by atoms with Crippen molar-refractivity contribution in [3.63, 3.8) is 0 Å². The molecule has 0 spiro atoms. The second-order valence-corrected chi connectivity index (χ2v) is 3.17. The van der Waals surface area contributed by atoms with Gasteiger partial charge in [-0.15, -0.1) is 11.3 Å². The van der Waals surface area contributed by atoms with Crippen LogP contribution in [0.25, 0.3) is 0 Å². The zero-order chi connectivity index (χ0) is 9.80. The molecule has 70 valence electrons. The molecule has 14 heavy (non-hydrogen) atoms. The fourth-order valence-electron chi connectivity index (χ4n) is 0.883. The van der Waals surface area contributed by atoms with E-state index in [1.807, 2.05) is 0 Å². The number of anilines is 1. The molecule has 0 unspecified atom stereocenters. The Hall–Kier alpha value is -1.82. The van der Waals surface area contributed by atoms with Gasteiger partial charge in [0.05, 0.1) is 23.6 Å². The van der Waals surface area contributed by atoms with E-state index in [-0.39, 0.29) is 5.91 Å². The Bertz CT molecular complexity index is 414. The lowest BCUT2D eigenvalue weighted by Crippen LogP contribution is -2.12. The summed E-state index contributed by atoms with van der Waals surface area (Å²) in [4.78, 5) is 22.9. The Balaban J connectivity index is 2.10. The van der Waals surface area contributed by atoms with Gasteiger partial charge in [-0.2, -0.15) is 0 Å². The Morgan fingerprint density at radius 3 is 2.79 bits per heavy atom. The number of carbonyl (C=O) groups is 1. The first-order valence-electron chi connectivity index (χ1n) is 3.81. The predicted octanol–water partition coefficient (Wildman–Crippen LogP) is 1.19. The van der Waals surface area contributed by atoms with E-state index in [0.717, 1.165) is 0 Å². The number of carbonyl (C=O) groups excluding carboxylic acids is 1. The van der Waals surface area contributed by atoms with Crippen molar-refractivity contribution in [2.24, 2.45) is 0 Å². The Kier molecular flexibility index (Phi) is 2.46. The van der Waals surface area contributed by atoms with Gasteiger partial charge in [0.15, 0.2) is 0 Å². The van der Waals surface area contributed by atoms with Crippen molar-refractivity contribution in [3.8, 4) is 0 Å². The Morgan fingerprint density at radius 1 is 1.36 bits per heavy atom. The van der Waals surface area contributed by atoms with Gasteiger partial charge in [0.2, 0.25) is 0 Å². The molecule has 0 fully saturated rings. The van der Waals surface area contributed by atoms with Crippen molar-refractivity contribution in [1.82, 2.24) is 15.0 Å². The van der Waals surface area contributed by atoms with Crippen LogP contribution in [0.3, 0.4) is 0 Å². The maximum absolute atomic E-state index is 11.5. The van der Waals surface area contributed by atoms with Crippen LogP contribution in [0.5, 0.6) is 0 Å². The molecule has 2 heterocycles. The van der Waals surface area contributed by atoms with Crippen LogP contribution >= 0.6 is 11.3 Å². The first-order valence-corrected chi connectivity index (χ1v) is 4.75. The molecule has 1 N–H and O–H groups in total. The van der Waals surface area contributed by atoms with Gasteiger partial charge in [0, 0.05) is 5.38 Å². The van der Waals surface area contributed by atoms with Gasteiger partial charge >= 0.3 is 0 Å². The lowest BCUT2D eigenvalue weighted by Gasteiger charge is -2.00. The van der Waals surface area contributed by atoms with Crippen LogP contribution in [0, 0.1) is 0 Å². The van der Waals surface area contributed by atoms with Crippen molar-refractivity contribution in [3.05, 3.63) is 35.3 Å². The molecule has 0 radical (unpaired) electrons. The summed E-state index contributed by atoms with van der Waals surface area (Å²) in [6, 6.07) is 0. The fraction of sp³-hybridized carbons (Fsp3) is 0. The maximum atomic E-state index is 11.5. The molecule has 0 saturated heterocycles. The third-order valence-corrected chi connectivity index (χ3v) is 2.07. The highest BCUT2D eigenvalue weighted by atomic mass is 32.1. The minimum absolute atomic E-state index is 0.249. The zero-order valence-corrected chi connectivity index (χ0v) is 7.86. The van der Waals surface area contributed by atoms with Crippen LogP contribution in [-0.4, -0.2) is 20.9 Å². The molecule has 0 atom stereocenters. The molecule has 0 saturated carbocycles. The van der Waals surface area contributed by atoms with Gasteiger partial charge in [-0.25, -0.2) is 15.0 Å². The summed E-state index contributed by atoms with van der Waals surface area (Å²) in [6.07, 6.45) is 4.45. The van der Waals surface area contributed by atoms with Gasteiger partial charge < -0.3 is 5.32 Å². The van der Waals surface area contributed by atoms with Crippen molar-refractivity contribution < 1.29 is 4.79 Å². The van der Waals surface area contributed by atoms with Crippen LogP contribution in [0.15, 0.2) is 29.6 Å². The molecule has 5 nitrogen and oxygen atoms in total. The van der Waals surface area contributed by atoms with Crippen LogP contribution in [0.4, 0.5) is 5.69 Å². The summed E-state index contributed by atoms with van der Waals surface area (Å²) >= 11 is 1.38. The molecule has 0 aliphatic carbocycles. The van der Waals surface area contributed by atoms with Crippen molar-refractivity contribution in [2.75, 3.05) is 5.32 Å². The molecule has 0 bridgehead atoms. The number of aromatic nitrogens is 3. The van der Waals surface area contributed by atoms with E-state index in [1.54, 1.807) is 10.9 Å². The van der Waals surface area contributed by atoms with Crippen LogP contribution < -0.4 is 5.32 Å². The SMILES string of the molecule is O=C(Nc1cncnc1)c1cscn1. The molecular formula is C8H6N4OS. The average Bonchev–Trinajstić information content (AvgIpc) is 2.72. The zero-order valence-electron chi connectivity index (χ0n) is 7.04. The molecule has 0 aromatic carbocycles. The topological polar surface area (TPSA) is 67.8 Å². The number of hydrogen-bond donors (Lipinski definition) is 1. The fourth-order valence-corrected chi connectivity index (χ4v) is 1.42. The third kappa shape index (κ3) is 1.91. The molecule has 2 rings (SSSR count). The number of hydrogen-bond acceptors (Lipinski definition) is 5.